The van der Waals surface area contributed by atoms with E-state index in [1.807, 2.05) is 38.1 Å². The highest BCUT2D eigenvalue weighted by Crippen LogP contribution is 2.38. The molecule has 5 nitrogen and oxygen atoms in total. The van der Waals surface area contributed by atoms with Crippen molar-refractivity contribution in [1.29, 1.82) is 0 Å². The van der Waals surface area contributed by atoms with Gasteiger partial charge in [-0.3, -0.25) is 4.79 Å². The smallest absolute Gasteiger partial charge is 0.329 e. The van der Waals surface area contributed by atoms with E-state index in [0.717, 1.165) is 43.4 Å². The van der Waals surface area contributed by atoms with Gasteiger partial charge < -0.3 is 16.2 Å². The minimum atomic E-state index is -1.12. The molecule has 1 atom stereocenters. The van der Waals surface area contributed by atoms with E-state index in [1.165, 1.54) is 0 Å². The number of nitrogens with one attached hydrogen (secondary N) is 1. The summed E-state index contributed by atoms with van der Waals surface area (Å²) in [6, 6.07) is 7.64. The van der Waals surface area contributed by atoms with E-state index in [1.54, 1.807) is 0 Å². The fourth-order valence-corrected chi connectivity index (χ4v) is 4.15. The van der Waals surface area contributed by atoms with Crippen molar-refractivity contribution in [2.24, 2.45) is 11.8 Å². The summed E-state index contributed by atoms with van der Waals surface area (Å²) in [4.78, 5) is 24.7. The molecular weight excluding hydrogens is 328 g/mol. The van der Waals surface area contributed by atoms with Crippen molar-refractivity contribution >= 4 is 17.6 Å². The molecule has 0 unspecified atom stereocenters. The van der Waals surface area contributed by atoms with Crippen molar-refractivity contribution in [1.82, 2.24) is 5.32 Å². The van der Waals surface area contributed by atoms with Crippen molar-refractivity contribution in [2.45, 2.75) is 70.8 Å². The maximum absolute atomic E-state index is 12.6. The molecule has 1 aromatic rings. The first-order valence-electron chi connectivity index (χ1n) is 9.72. The highest BCUT2D eigenvalue weighted by atomic mass is 16.4. The van der Waals surface area contributed by atoms with Crippen molar-refractivity contribution in [2.75, 3.05) is 5.73 Å². The summed E-state index contributed by atoms with van der Waals surface area (Å²) >= 11 is 0. The monoisotopic (exact) mass is 360 g/mol. The Balaban J connectivity index is 1.98. The molecule has 0 radical (unpaired) electrons. The zero-order valence-electron chi connectivity index (χ0n) is 16.0. The summed E-state index contributed by atoms with van der Waals surface area (Å²) in [7, 11) is 0. The normalized spacial score (nSPS) is 17.2. The molecule has 1 aromatic carbocycles. The molecule has 0 heterocycles. The van der Waals surface area contributed by atoms with Gasteiger partial charge in [-0.2, -0.15) is 0 Å². The van der Waals surface area contributed by atoms with Gasteiger partial charge in [-0.25, -0.2) is 4.79 Å². The second-order valence-electron chi connectivity index (χ2n) is 8.00. The summed E-state index contributed by atoms with van der Waals surface area (Å²) in [6.07, 6.45) is 6.14. The molecule has 2 rings (SSSR count). The largest absolute Gasteiger partial charge is 0.479 e. The lowest BCUT2D eigenvalue weighted by Crippen LogP contribution is -2.59. The first-order chi connectivity index (χ1) is 12.3. The van der Waals surface area contributed by atoms with E-state index < -0.39 is 11.5 Å². The highest BCUT2D eigenvalue weighted by molar-refractivity contribution is 5.87. The second kappa shape index (κ2) is 9.06. The lowest BCUT2D eigenvalue weighted by Gasteiger charge is -2.37. The molecule has 1 aliphatic carbocycles. The minimum Gasteiger partial charge on any atom is -0.479 e. The molecule has 1 saturated carbocycles. The summed E-state index contributed by atoms with van der Waals surface area (Å²) in [6.45, 7) is 4.03. The number of nitrogen functional groups attached to an aromatic ring is 1. The fourth-order valence-electron chi connectivity index (χ4n) is 4.15. The summed E-state index contributed by atoms with van der Waals surface area (Å²) < 4.78 is 0. The fraction of sp³-hybridized carbons (Fsp3) is 0.619. The van der Waals surface area contributed by atoms with Crippen LogP contribution in [-0.2, 0) is 16.0 Å². The highest BCUT2D eigenvalue weighted by Gasteiger charge is 2.48. The standard InChI is InChI=1S/C21H32N2O3/c1-15(2)14-21(20(25)26,17-7-3-4-8-17)23-19(24)9-5-6-16-10-12-18(22)13-11-16/h10-13,15,17H,3-9,14,22H2,1-2H3,(H,23,24)(H,25,26)/t21-/m1/s1. The Morgan fingerprint density at radius 3 is 2.38 bits per heavy atom. The number of aryl methyl sites for hydroxylation is 1. The Morgan fingerprint density at radius 1 is 1.23 bits per heavy atom. The predicted molar refractivity (Wildman–Crippen MR) is 104 cm³/mol. The molecule has 0 aromatic heterocycles. The molecule has 0 aliphatic heterocycles. The van der Waals surface area contributed by atoms with Crippen LogP contribution in [0.4, 0.5) is 5.69 Å². The Hall–Kier alpha value is -2.04. The van der Waals surface area contributed by atoms with Crippen LogP contribution < -0.4 is 11.1 Å². The molecule has 0 spiro atoms. The molecule has 1 aliphatic rings. The number of carboxylic acids is 1. The van der Waals surface area contributed by atoms with Gasteiger partial charge in [-0.05, 0) is 61.6 Å². The Labute approximate surface area is 156 Å². The van der Waals surface area contributed by atoms with Crippen molar-refractivity contribution in [3.8, 4) is 0 Å². The topological polar surface area (TPSA) is 92.4 Å². The second-order valence-corrected chi connectivity index (χ2v) is 8.00. The number of aliphatic carboxylic acids is 1. The number of benzene rings is 1. The number of hydrogen-bond acceptors (Lipinski definition) is 3. The van der Waals surface area contributed by atoms with E-state index in [4.69, 9.17) is 5.73 Å². The third-order valence-corrected chi connectivity index (χ3v) is 5.38. The third-order valence-electron chi connectivity index (χ3n) is 5.38. The van der Waals surface area contributed by atoms with E-state index in [2.05, 4.69) is 5.32 Å². The maximum Gasteiger partial charge on any atom is 0.329 e. The van der Waals surface area contributed by atoms with Gasteiger partial charge in [-0.1, -0.05) is 38.8 Å². The number of carboxylic acid groups (broad SMARTS) is 1. The Morgan fingerprint density at radius 2 is 1.85 bits per heavy atom. The van der Waals surface area contributed by atoms with Crippen LogP contribution >= 0.6 is 0 Å². The van der Waals surface area contributed by atoms with E-state index in [0.29, 0.717) is 19.3 Å². The van der Waals surface area contributed by atoms with Crippen LogP contribution in [0.3, 0.4) is 0 Å². The maximum atomic E-state index is 12.6. The summed E-state index contributed by atoms with van der Waals surface area (Å²) in [5.41, 5.74) is 6.42. The third kappa shape index (κ3) is 5.23. The van der Waals surface area contributed by atoms with Crippen LogP contribution in [0.5, 0.6) is 0 Å². The van der Waals surface area contributed by atoms with Crippen LogP contribution in [0.1, 0.15) is 64.4 Å². The van der Waals surface area contributed by atoms with Crippen LogP contribution in [-0.4, -0.2) is 22.5 Å². The van der Waals surface area contributed by atoms with E-state index >= 15 is 0 Å². The number of nitrogens with two attached hydrogens (primary N) is 1. The number of anilines is 1. The summed E-state index contributed by atoms with van der Waals surface area (Å²) in [5.74, 6) is -0.800. The van der Waals surface area contributed by atoms with Gasteiger partial charge in [0.1, 0.15) is 5.54 Å². The van der Waals surface area contributed by atoms with Crippen LogP contribution in [0.2, 0.25) is 0 Å². The molecule has 144 valence electrons. The first kappa shape index (κ1) is 20.3. The Bertz CT molecular complexity index is 606. The average Bonchev–Trinajstić information content (AvgIpc) is 3.10. The van der Waals surface area contributed by atoms with E-state index in [9.17, 15) is 14.7 Å². The number of amides is 1. The lowest BCUT2D eigenvalue weighted by atomic mass is 9.76. The number of hydrogen-bond donors (Lipinski definition) is 3. The zero-order chi connectivity index (χ0) is 19.2. The van der Waals surface area contributed by atoms with Crippen LogP contribution in [0.15, 0.2) is 24.3 Å². The molecule has 5 heteroatoms. The first-order valence-corrected chi connectivity index (χ1v) is 9.72. The van der Waals surface area contributed by atoms with Gasteiger partial charge in [-0.15, -0.1) is 0 Å². The van der Waals surface area contributed by atoms with Gasteiger partial charge in [0.25, 0.3) is 0 Å². The van der Waals surface area contributed by atoms with Crippen LogP contribution in [0.25, 0.3) is 0 Å². The van der Waals surface area contributed by atoms with Gasteiger partial charge in [0.2, 0.25) is 5.91 Å². The molecular formula is C21H32N2O3. The molecule has 0 bridgehead atoms. The molecule has 0 saturated heterocycles. The van der Waals surface area contributed by atoms with Gasteiger partial charge >= 0.3 is 5.97 Å². The minimum absolute atomic E-state index is 0.0310. The molecule has 1 amide bonds. The predicted octanol–water partition coefficient (Wildman–Crippen LogP) is 3.77. The lowest BCUT2D eigenvalue weighted by molar-refractivity contribution is -0.151. The average molecular weight is 360 g/mol. The van der Waals surface area contributed by atoms with Crippen LogP contribution in [0, 0.1) is 11.8 Å². The zero-order valence-corrected chi connectivity index (χ0v) is 16.0. The van der Waals surface area contributed by atoms with Crippen molar-refractivity contribution in [3.05, 3.63) is 29.8 Å². The van der Waals surface area contributed by atoms with Gasteiger partial charge in [0, 0.05) is 12.1 Å². The molecule has 26 heavy (non-hydrogen) atoms. The Kier molecular flexibility index (Phi) is 7.06. The number of carbonyl (C=O) groups excluding carboxylic acids is 1. The van der Waals surface area contributed by atoms with E-state index in [-0.39, 0.29) is 17.7 Å². The van der Waals surface area contributed by atoms with Gasteiger partial charge in [0.15, 0.2) is 0 Å². The van der Waals surface area contributed by atoms with Gasteiger partial charge in [0.05, 0.1) is 0 Å². The quantitative estimate of drug-likeness (QED) is 0.585. The molecule has 4 N–H and O–H groups in total. The number of rotatable bonds is 9. The molecule has 1 fully saturated rings. The number of carbonyl (C=O) groups is 2. The van der Waals surface area contributed by atoms with Crippen molar-refractivity contribution < 1.29 is 14.7 Å². The van der Waals surface area contributed by atoms with Crippen molar-refractivity contribution in [3.63, 3.8) is 0 Å². The summed E-state index contributed by atoms with van der Waals surface area (Å²) in [5, 5.41) is 12.9. The SMILES string of the molecule is CC(C)C[C@](NC(=O)CCCc1ccc(N)cc1)(C(=O)O)C1CCCC1.